The molecule has 0 N–H and O–H groups in total. The maximum absolute atomic E-state index is 12.3. The number of halogens is 4. The van der Waals surface area contributed by atoms with Crippen LogP contribution >= 0.6 is 0 Å². The monoisotopic (exact) mass is 233 g/mol. The second-order valence-electron chi connectivity index (χ2n) is 2.99. The number of nitrogens with zero attached hydrogens (tertiary/aromatic N) is 1. The van der Waals surface area contributed by atoms with Crippen molar-refractivity contribution in [3.63, 3.8) is 0 Å². The fourth-order valence-corrected chi connectivity index (χ4v) is 1.22. The number of isocyanates is 1. The predicted molar refractivity (Wildman–Crippen MR) is 49.0 cm³/mol. The third kappa shape index (κ3) is 2.90. The summed E-state index contributed by atoms with van der Waals surface area (Å²) in [4.78, 5) is 13.1. The summed E-state index contributed by atoms with van der Waals surface area (Å²) >= 11 is 0. The fourth-order valence-electron chi connectivity index (χ4n) is 1.22. The Hall–Kier alpha value is -1.68. The van der Waals surface area contributed by atoms with Crippen molar-refractivity contribution in [1.82, 2.24) is 0 Å². The zero-order valence-corrected chi connectivity index (χ0v) is 7.91. The Balaban J connectivity index is 2.98. The molecule has 0 aliphatic carbocycles. The van der Waals surface area contributed by atoms with Gasteiger partial charge in [0.05, 0.1) is 5.69 Å². The molecule has 6 heteroatoms. The van der Waals surface area contributed by atoms with Gasteiger partial charge in [-0.2, -0.15) is 4.99 Å². The smallest absolute Gasteiger partial charge is 0.211 e. The van der Waals surface area contributed by atoms with Crippen LogP contribution in [0.1, 0.15) is 11.5 Å². The van der Waals surface area contributed by atoms with E-state index in [1.807, 2.05) is 0 Å². The second kappa shape index (κ2) is 5.42. The topological polar surface area (TPSA) is 29.4 Å². The van der Waals surface area contributed by atoms with Gasteiger partial charge in [0.15, 0.2) is 0 Å². The first-order valence-electron chi connectivity index (χ1n) is 4.30. The maximum atomic E-state index is 12.3. The molecular formula is C10H7F4NO. The highest BCUT2D eigenvalue weighted by Crippen LogP contribution is 2.30. The van der Waals surface area contributed by atoms with Crippen molar-refractivity contribution < 1.29 is 22.4 Å². The summed E-state index contributed by atoms with van der Waals surface area (Å²) in [6, 6.07) is 4.61. The lowest BCUT2D eigenvalue weighted by Crippen LogP contribution is -2.17. The lowest BCUT2D eigenvalue weighted by molar-refractivity contribution is 0.0147. The number of carbonyl (C=O) groups excluding carboxylic acids is 1. The average molecular weight is 233 g/mol. The number of hydrogen-bond donors (Lipinski definition) is 0. The lowest BCUT2D eigenvalue weighted by Gasteiger charge is -2.15. The Morgan fingerprint density at radius 1 is 1.00 bits per heavy atom. The first-order chi connectivity index (χ1) is 7.56. The first kappa shape index (κ1) is 12.4. The van der Waals surface area contributed by atoms with Crippen LogP contribution in [0, 0.1) is 0 Å². The van der Waals surface area contributed by atoms with Crippen LogP contribution in [-0.4, -0.2) is 18.9 Å². The highest BCUT2D eigenvalue weighted by molar-refractivity contribution is 5.49. The van der Waals surface area contributed by atoms with E-state index in [9.17, 15) is 22.4 Å². The highest BCUT2D eigenvalue weighted by Gasteiger charge is 2.31. The summed E-state index contributed by atoms with van der Waals surface area (Å²) in [5, 5.41) is 0. The Morgan fingerprint density at radius 2 is 1.50 bits per heavy atom. The Kier molecular flexibility index (Phi) is 4.19. The number of benzene rings is 1. The normalized spacial score (nSPS) is 10.9. The molecule has 0 saturated carbocycles. The third-order valence-electron chi connectivity index (χ3n) is 2.00. The van der Waals surface area contributed by atoms with Crippen molar-refractivity contribution in [2.45, 2.75) is 18.8 Å². The van der Waals surface area contributed by atoms with Gasteiger partial charge in [0, 0.05) is 0 Å². The molecule has 2 nitrogen and oxygen atoms in total. The van der Waals surface area contributed by atoms with E-state index in [-0.39, 0.29) is 11.3 Å². The van der Waals surface area contributed by atoms with Crippen LogP contribution in [0.5, 0.6) is 0 Å². The largest absolute Gasteiger partial charge is 0.250 e. The van der Waals surface area contributed by atoms with Gasteiger partial charge in [0.25, 0.3) is 12.9 Å². The molecular weight excluding hydrogens is 226 g/mol. The minimum absolute atomic E-state index is 0.182. The van der Waals surface area contributed by atoms with Crippen molar-refractivity contribution in [1.29, 1.82) is 0 Å². The molecule has 0 saturated heterocycles. The van der Waals surface area contributed by atoms with Crippen molar-refractivity contribution in [2.24, 2.45) is 4.99 Å². The maximum Gasteiger partial charge on any atom is 0.250 e. The molecule has 0 atom stereocenters. The Bertz CT molecular complexity index is 376. The highest BCUT2D eigenvalue weighted by atomic mass is 19.3. The van der Waals surface area contributed by atoms with E-state index in [0.717, 1.165) is 12.1 Å². The number of hydrogen-bond acceptors (Lipinski definition) is 2. The van der Waals surface area contributed by atoms with Crippen molar-refractivity contribution >= 4 is 11.8 Å². The number of rotatable bonds is 4. The fraction of sp³-hybridized carbons (Fsp3) is 0.300. The lowest BCUT2D eigenvalue weighted by atomic mass is 10.00. The molecule has 0 aliphatic rings. The van der Waals surface area contributed by atoms with E-state index in [1.165, 1.54) is 18.2 Å². The molecule has 0 aliphatic heterocycles. The SMILES string of the molecule is O=C=Nc1ccc(C(C(F)F)C(F)F)cc1. The van der Waals surface area contributed by atoms with Gasteiger partial charge in [-0.15, -0.1) is 0 Å². The third-order valence-corrected chi connectivity index (χ3v) is 2.00. The Labute approximate surface area is 88.6 Å². The summed E-state index contributed by atoms with van der Waals surface area (Å²) in [6.07, 6.45) is -5.02. The first-order valence-corrected chi connectivity index (χ1v) is 4.30. The summed E-state index contributed by atoms with van der Waals surface area (Å²) in [7, 11) is 0. The van der Waals surface area contributed by atoms with Crippen molar-refractivity contribution in [3.8, 4) is 0 Å². The summed E-state index contributed by atoms with van der Waals surface area (Å²) < 4.78 is 49.3. The van der Waals surface area contributed by atoms with Crippen LogP contribution in [0.2, 0.25) is 0 Å². The van der Waals surface area contributed by atoms with E-state index >= 15 is 0 Å². The average Bonchev–Trinajstić information content (AvgIpc) is 2.20. The van der Waals surface area contributed by atoms with E-state index < -0.39 is 18.8 Å². The molecule has 0 unspecified atom stereocenters. The summed E-state index contributed by atoms with van der Waals surface area (Å²) in [6.45, 7) is 0. The molecule has 0 spiro atoms. The molecule has 0 aromatic heterocycles. The molecule has 0 fully saturated rings. The minimum Gasteiger partial charge on any atom is -0.211 e. The molecule has 0 amide bonds. The molecule has 0 bridgehead atoms. The van der Waals surface area contributed by atoms with Crippen LogP contribution < -0.4 is 0 Å². The zero-order valence-electron chi connectivity index (χ0n) is 7.91. The summed E-state index contributed by atoms with van der Waals surface area (Å²) in [5.74, 6) is -2.12. The van der Waals surface area contributed by atoms with Gasteiger partial charge >= 0.3 is 0 Å². The molecule has 16 heavy (non-hydrogen) atoms. The van der Waals surface area contributed by atoms with Gasteiger partial charge in [0.1, 0.15) is 5.92 Å². The quantitative estimate of drug-likeness (QED) is 0.446. The molecule has 1 aromatic carbocycles. The molecule has 0 heterocycles. The summed E-state index contributed by atoms with van der Waals surface area (Å²) in [5.41, 5.74) is -0.00381. The van der Waals surface area contributed by atoms with E-state index in [0.29, 0.717) is 0 Å². The van der Waals surface area contributed by atoms with Crippen molar-refractivity contribution in [2.75, 3.05) is 0 Å². The van der Waals surface area contributed by atoms with Gasteiger partial charge in [0.2, 0.25) is 6.08 Å². The van der Waals surface area contributed by atoms with Gasteiger partial charge in [-0.3, -0.25) is 0 Å². The van der Waals surface area contributed by atoms with Gasteiger partial charge in [-0.1, -0.05) is 12.1 Å². The standard InChI is InChI=1S/C10H7F4NO/c11-9(12)8(10(13)14)6-1-3-7(4-2-6)15-5-16/h1-4,8-10H. The van der Waals surface area contributed by atoms with Crippen LogP contribution in [-0.2, 0) is 4.79 Å². The van der Waals surface area contributed by atoms with Crippen LogP contribution in [0.3, 0.4) is 0 Å². The van der Waals surface area contributed by atoms with Crippen molar-refractivity contribution in [3.05, 3.63) is 29.8 Å². The molecule has 86 valence electrons. The second-order valence-corrected chi connectivity index (χ2v) is 2.99. The molecule has 1 rings (SSSR count). The van der Waals surface area contributed by atoms with Gasteiger partial charge in [-0.25, -0.2) is 22.4 Å². The van der Waals surface area contributed by atoms with Crippen LogP contribution in [0.15, 0.2) is 29.3 Å². The number of aliphatic imine (C=N–C) groups is 1. The van der Waals surface area contributed by atoms with Gasteiger partial charge < -0.3 is 0 Å². The molecule has 1 aromatic rings. The van der Waals surface area contributed by atoms with Crippen LogP contribution in [0.4, 0.5) is 23.2 Å². The zero-order chi connectivity index (χ0) is 12.1. The van der Waals surface area contributed by atoms with Crippen LogP contribution in [0.25, 0.3) is 0 Å². The Morgan fingerprint density at radius 3 is 1.88 bits per heavy atom. The molecule has 0 radical (unpaired) electrons. The van der Waals surface area contributed by atoms with E-state index in [2.05, 4.69) is 4.99 Å². The van der Waals surface area contributed by atoms with E-state index in [1.54, 1.807) is 0 Å². The predicted octanol–water partition coefficient (Wildman–Crippen LogP) is 3.27. The van der Waals surface area contributed by atoms with Gasteiger partial charge in [-0.05, 0) is 17.7 Å². The number of alkyl halides is 4. The minimum atomic E-state index is -3.14. The van der Waals surface area contributed by atoms with E-state index in [4.69, 9.17) is 0 Å².